The summed E-state index contributed by atoms with van der Waals surface area (Å²) in [5.41, 5.74) is 0.289. The Labute approximate surface area is 276 Å². The van der Waals surface area contributed by atoms with Crippen LogP contribution in [-0.2, 0) is 41.3 Å². The van der Waals surface area contributed by atoms with E-state index in [-0.39, 0.29) is 50.7 Å². The number of carboxylic acid groups (broad SMARTS) is 3. The van der Waals surface area contributed by atoms with Gasteiger partial charge in [-0.15, -0.1) is 0 Å². The highest BCUT2D eigenvalue weighted by molar-refractivity contribution is 7.72. The van der Waals surface area contributed by atoms with E-state index in [1.54, 1.807) is 14.7 Å². The number of aliphatic carboxylic acids is 3. The van der Waals surface area contributed by atoms with Gasteiger partial charge in [0.2, 0.25) is 5.91 Å². The number of rotatable bonds is 15. The van der Waals surface area contributed by atoms with Gasteiger partial charge in [-0.1, -0.05) is 0 Å². The topological polar surface area (TPSA) is 307 Å². The fourth-order valence-corrected chi connectivity index (χ4v) is 7.12. The molecule has 9 N–H and O–H groups in total. The van der Waals surface area contributed by atoms with Crippen molar-refractivity contribution in [3.8, 4) is 0 Å². The summed E-state index contributed by atoms with van der Waals surface area (Å²) in [4.78, 5) is 95.3. The molecule has 0 saturated carbocycles. The molecule has 0 aliphatic carbocycles. The normalized spacial score (nSPS) is 17.9. The van der Waals surface area contributed by atoms with Crippen molar-refractivity contribution in [2.75, 3.05) is 85.1 Å². The van der Waals surface area contributed by atoms with Crippen LogP contribution in [0.25, 0.3) is 0 Å². The Bertz CT molecular complexity index is 1310. The van der Waals surface area contributed by atoms with Crippen molar-refractivity contribution >= 4 is 39.0 Å². The molecule has 48 heavy (non-hydrogen) atoms. The Kier molecular flexibility index (Phi) is 16.2. The van der Waals surface area contributed by atoms with Crippen LogP contribution in [0.3, 0.4) is 0 Å². The first-order chi connectivity index (χ1) is 22.3. The molecule has 0 atom stereocenters. The molecule has 0 bridgehead atoms. The third-order valence-electron chi connectivity index (χ3n) is 7.52. The van der Waals surface area contributed by atoms with Gasteiger partial charge in [-0.25, -0.2) is 4.98 Å². The average Bonchev–Trinajstić information content (AvgIpc) is 3.38. The fraction of sp³-hybridized carbons (Fsp3) is 0.720. The summed E-state index contributed by atoms with van der Waals surface area (Å²) in [7, 11) is -11.3. The largest absolute Gasteiger partial charge is 0.480 e. The molecular formula is C25H45N7O14P2. The summed E-state index contributed by atoms with van der Waals surface area (Å²) >= 11 is 0. The summed E-state index contributed by atoms with van der Waals surface area (Å²) in [6.45, 7) is 0.767. The zero-order valence-electron chi connectivity index (χ0n) is 26.3. The quantitative estimate of drug-likeness (QED) is 0.0803. The summed E-state index contributed by atoms with van der Waals surface area (Å²) < 4.78 is 24.2. The van der Waals surface area contributed by atoms with Gasteiger partial charge < -0.3 is 49.9 Å². The highest BCUT2D eigenvalue weighted by Crippen LogP contribution is 2.68. The van der Waals surface area contributed by atoms with Gasteiger partial charge in [0.25, 0.3) is 5.08 Å². The summed E-state index contributed by atoms with van der Waals surface area (Å²) in [5.74, 6) is -3.49. The summed E-state index contributed by atoms with van der Waals surface area (Å²) in [6, 6.07) is 0. The van der Waals surface area contributed by atoms with E-state index in [0.29, 0.717) is 65.2 Å². The molecule has 0 radical (unpaired) electrons. The molecule has 21 nitrogen and oxygen atoms in total. The van der Waals surface area contributed by atoms with Gasteiger partial charge in [-0.2, -0.15) is 0 Å². The molecule has 0 unspecified atom stereocenters. The van der Waals surface area contributed by atoms with Crippen molar-refractivity contribution in [2.24, 2.45) is 0 Å². The molecule has 0 aromatic carbocycles. The predicted molar refractivity (Wildman–Crippen MR) is 166 cm³/mol. The zero-order valence-corrected chi connectivity index (χ0v) is 28.1. The number of nitrogens with zero attached hydrogens (tertiary/aromatic N) is 6. The average molecular weight is 730 g/mol. The molecule has 1 aliphatic rings. The van der Waals surface area contributed by atoms with Gasteiger partial charge in [0.15, 0.2) is 0 Å². The first-order valence-corrected chi connectivity index (χ1v) is 18.2. The van der Waals surface area contributed by atoms with Crippen molar-refractivity contribution in [3.05, 3.63) is 18.2 Å². The van der Waals surface area contributed by atoms with Crippen LogP contribution in [0.4, 0.5) is 0 Å². The van der Waals surface area contributed by atoms with E-state index in [2.05, 4.69) is 10.3 Å². The maximum Gasteiger partial charge on any atom is 0.371 e. The Morgan fingerprint density at radius 1 is 0.708 bits per heavy atom. The van der Waals surface area contributed by atoms with Crippen molar-refractivity contribution in [3.63, 3.8) is 0 Å². The number of aliphatic hydroxyl groups is 1. The Hall–Kier alpha value is -2.81. The first-order valence-electron chi connectivity index (χ1n) is 14.9. The van der Waals surface area contributed by atoms with E-state index in [1.165, 1.54) is 6.20 Å². The van der Waals surface area contributed by atoms with Crippen LogP contribution in [0.1, 0.15) is 18.5 Å². The third-order valence-corrected chi connectivity index (χ3v) is 11.2. The summed E-state index contributed by atoms with van der Waals surface area (Å²) in [6.07, 6.45) is 3.29. The second kappa shape index (κ2) is 18.8. The van der Waals surface area contributed by atoms with E-state index in [9.17, 15) is 68.3 Å². The van der Waals surface area contributed by atoms with Gasteiger partial charge in [-0.3, -0.25) is 47.9 Å². The van der Waals surface area contributed by atoms with Crippen molar-refractivity contribution in [1.29, 1.82) is 0 Å². The molecule has 1 fully saturated rings. The Morgan fingerprint density at radius 2 is 1.10 bits per heavy atom. The van der Waals surface area contributed by atoms with Gasteiger partial charge in [-0.05, 0) is 19.4 Å². The predicted octanol–water partition coefficient (Wildman–Crippen LogP) is -3.20. The molecular weight excluding hydrogens is 684 g/mol. The second-order valence-corrected chi connectivity index (χ2v) is 15.5. The summed E-state index contributed by atoms with van der Waals surface area (Å²) in [5, 5.41) is 37.2. The van der Waals surface area contributed by atoms with Gasteiger partial charge in [0.1, 0.15) is 0 Å². The molecule has 2 rings (SSSR count). The minimum Gasteiger partial charge on any atom is -0.480 e. The second-order valence-electron chi connectivity index (χ2n) is 11.5. The minimum atomic E-state index is -5.67. The van der Waals surface area contributed by atoms with Gasteiger partial charge in [0, 0.05) is 65.0 Å². The molecule has 1 saturated heterocycles. The number of aromatic nitrogens is 2. The van der Waals surface area contributed by atoms with E-state index >= 15 is 0 Å². The van der Waals surface area contributed by atoms with Crippen LogP contribution in [0.15, 0.2) is 12.5 Å². The minimum absolute atomic E-state index is 0.0648. The van der Waals surface area contributed by atoms with E-state index in [0.717, 1.165) is 10.9 Å². The molecule has 1 aromatic rings. The van der Waals surface area contributed by atoms with Crippen molar-refractivity contribution in [1.82, 2.24) is 34.5 Å². The standard InChI is InChI=1S/C25H45N7O14P2/c33-21(26-4-3-20-13-32(19-27-20)18-25(40,47(41,42)43)48(44,45)46)14-28-5-1-6-30(16-23(36)37)11-12-31(17-24(38)39)8-2-7-29(10-9-28)15-22(34)35/h13,19,40H,1-12,14-18H2,(H,26,33)(H,34,35)(H,36,37)(H,38,39)(H2,41,42,43)(H2,44,45,46). The number of hydrogen-bond acceptors (Lipinski definition) is 12. The number of carbonyl (C=O) groups excluding carboxylic acids is 1. The maximum atomic E-state index is 12.8. The van der Waals surface area contributed by atoms with E-state index in [1.807, 2.05) is 4.90 Å². The highest BCUT2D eigenvalue weighted by atomic mass is 31.2. The number of nitrogens with one attached hydrogen (secondary N) is 1. The van der Waals surface area contributed by atoms with Crippen LogP contribution in [0, 0.1) is 0 Å². The molecule has 1 aliphatic heterocycles. The van der Waals surface area contributed by atoms with Gasteiger partial charge in [0.05, 0.1) is 44.7 Å². The number of carbonyl (C=O) groups is 4. The number of imidazole rings is 1. The van der Waals surface area contributed by atoms with Crippen LogP contribution in [0.5, 0.6) is 0 Å². The zero-order chi connectivity index (χ0) is 36.1. The molecule has 23 heteroatoms. The Balaban J connectivity index is 2.03. The lowest BCUT2D eigenvalue weighted by molar-refractivity contribution is -0.140. The third kappa shape index (κ3) is 14.4. The molecule has 274 valence electrons. The van der Waals surface area contributed by atoms with Gasteiger partial charge >= 0.3 is 33.1 Å². The Morgan fingerprint density at radius 3 is 1.48 bits per heavy atom. The molecule has 1 aromatic heterocycles. The smallest absolute Gasteiger partial charge is 0.371 e. The highest BCUT2D eigenvalue weighted by Gasteiger charge is 2.59. The number of hydrogen-bond donors (Lipinski definition) is 9. The van der Waals surface area contributed by atoms with Crippen LogP contribution < -0.4 is 5.32 Å². The first kappa shape index (κ1) is 41.4. The van der Waals surface area contributed by atoms with Crippen LogP contribution >= 0.6 is 15.2 Å². The SMILES string of the molecule is O=C(O)CN1CCCN(CC(=O)O)CCN(CC(=O)NCCc2cn(CC(O)(P(=O)(O)O)P(=O)(O)O)cn2)CCCN(CC(=O)O)CC1. The lowest BCUT2D eigenvalue weighted by Gasteiger charge is -2.30. The maximum absolute atomic E-state index is 12.8. The molecule has 0 spiro atoms. The lowest BCUT2D eigenvalue weighted by atomic mass is 10.2. The van der Waals surface area contributed by atoms with Crippen molar-refractivity contribution < 1.29 is 68.3 Å². The number of carboxylic acids is 3. The lowest BCUT2D eigenvalue weighted by Crippen LogP contribution is -2.46. The van der Waals surface area contributed by atoms with Crippen LogP contribution in [-0.4, -0.2) is 183 Å². The fourth-order valence-electron chi connectivity index (χ4n) is 5.06. The van der Waals surface area contributed by atoms with Crippen LogP contribution in [0.2, 0.25) is 0 Å². The van der Waals surface area contributed by atoms with Crippen molar-refractivity contribution in [2.45, 2.75) is 30.9 Å². The number of amides is 1. The molecule has 1 amide bonds. The van der Waals surface area contributed by atoms with E-state index < -0.39 is 44.7 Å². The molecule has 2 heterocycles. The monoisotopic (exact) mass is 729 g/mol. The van der Waals surface area contributed by atoms with E-state index in [4.69, 9.17) is 0 Å².